The minimum Gasteiger partial charge on any atom is -0.363 e. The molecule has 0 fully saturated rings. The normalized spacial score (nSPS) is 10.1. The zero-order chi connectivity index (χ0) is 31.3. The Hall–Kier alpha value is -5.78. The Balaban J connectivity index is 0.000000208. The molecule has 4 N–H and O–H groups in total. The molecule has 0 atom stereocenters. The average Bonchev–Trinajstić information content (AvgIpc) is 3.50. The molecule has 5 aromatic rings. The van der Waals surface area contributed by atoms with Gasteiger partial charge in [-0.3, -0.25) is 28.7 Å². The van der Waals surface area contributed by atoms with Gasteiger partial charge in [0.1, 0.15) is 16.5 Å². The number of carbonyl (C=O) groups excluding carboxylic acids is 2. The van der Waals surface area contributed by atoms with Crippen LogP contribution in [0, 0.1) is 51.9 Å². The predicted octanol–water partition coefficient (Wildman–Crippen LogP) is 3.40. The van der Waals surface area contributed by atoms with E-state index in [2.05, 4.69) is 42.7 Å². The molecule has 0 unspecified atom stereocenters. The van der Waals surface area contributed by atoms with E-state index >= 15 is 0 Å². The van der Waals surface area contributed by atoms with Gasteiger partial charge < -0.3 is 11.5 Å². The van der Waals surface area contributed by atoms with Gasteiger partial charge in [0.15, 0.2) is 0 Å². The van der Waals surface area contributed by atoms with Crippen molar-refractivity contribution in [1.82, 2.24) is 34.1 Å². The van der Waals surface area contributed by atoms with Gasteiger partial charge in [0.25, 0.3) is 11.8 Å². The third-order valence-corrected chi connectivity index (χ3v) is 6.36. The second-order valence-corrected chi connectivity index (χ2v) is 9.60. The molecule has 2 amide bonds. The van der Waals surface area contributed by atoms with E-state index in [1.54, 1.807) is 46.8 Å². The van der Waals surface area contributed by atoms with E-state index in [-0.39, 0.29) is 11.6 Å². The van der Waals surface area contributed by atoms with Gasteiger partial charge in [-0.05, 0) is 75.9 Å². The monoisotopic (exact) mass is 591 g/mol. The summed E-state index contributed by atoms with van der Waals surface area (Å²) in [5.41, 5.74) is 16.9. The van der Waals surface area contributed by atoms with Gasteiger partial charge in [0.2, 0.25) is 11.6 Å². The van der Waals surface area contributed by atoms with E-state index in [0.717, 1.165) is 11.4 Å². The fourth-order valence-corrected chi connectivity index (χ4v) is 4.19. The Kier molecular flexibility index (Phi) is 8.99. The van der Waals surface area contributed by atoms with Crippen molar-refractivity contribution in [2.45, 2.75) is 27.7 Å². The molecule has 0 aliphatic heterocycles. The first-order chi connectivity index (χ1) is 20.5. The van der Waals surface area contributed by atoms with Crippen LogP contribution in [0.5, 0.6) is 0 Å². The van der Waals surface area contributed by atoms with E-state index in [1.165, 1.54) is 0 Å². The molecule has 5 rings (SSSR count). The van der Waals surface area contributed by atoms with Crippen molar-refractivity contribution in [3.8, 4) is 35.6 Å². The molecular weight excluding hydrogens is 566 g/mol. The van der Waals surface area contributed by atoms with Crippen molar-refractivity contribution in [3.05, 3.63) is 112 Å². The quantitative estimate of drug-likeness (QED) is 0.239. The largest absolute Gasteiger partial charge is 0.363 e. The summed E-state index contributed by atoms with van der Waals surface area (Å²) in [6.45, 7) is 7.38. The highest BCUT2D eigenvalue weighted by Crippen LogP contribution is 2.19. The van der Waals surface area contributed by atoms with Crippen LogP contribution in [0.2, 0.25) is 5.15 Å². The maximum absolute atomic E-state index is 11.8. The maximum Gasteiger partial charge on any atom is 0.285 e. The minimum atomic E-state index is -0.635. The third kappa shape index (κ3) is 6.76. The Labute approximate surface area is 253 Å². The molecule has 5 heterocycles. The van der Waals surface area contributed by atoms with Gasteiger partial charge >= 0.3 is 0 Å². The Morgan fingerprint density at radius 1 is 0.767 bits per heavy atom. The number of aromatic nitrogens is 7. The number of carbonyl (C=O) groups is 2. The summed E-state index contributed by atoms with van der Waals surface area (Å²) >= 11 is 5.85. The Bertz CT molecular complexity index is 1940. The van der Waals surface area contributed by atoms with Gasteiger partial charge in [-0.15, -0.1) is 6.42 Å². The highest BCUT2D eigenvalue weighted by Gasteiger charge is 2.19. The van der Waals surface area contributed by atoms with Gasteiger partial charge in [-0.2, -0.15) is 0 Å². The molecule has 43 heavy (non-hydrogen) atoms. The lowest BCUT2D eigenvalue weighted by Crippen LogP contribution is -2.18. The van der Waals surface area contributed by atoms with Crippen LogP contribution in [0.15, 0.2) is 55.0 Å². The summed E-state index contributed by atoms with van der Waals surface area (Å²) in [5.74, 6) is 7.32. The lowest BCUT2D eigenvalue weighted by atomic mass is 10.2. The Morgan fingerprint density at radius 2 is 1.28 bits per heavy atom. The predicted molar refractivity (Wildman–Crippen MR) is 162 cm³/mol. The van der Waals surface area contributed by atoms with Gasteiger partial charge in [-0.1, -0.05) is 17.5 Å². The van der Waals surface area contributed by atoms with Crippen LogP contribution in [-0.4, -0.2) is 45.9 Å². The molecule has 0 saturated carbocycles. The van der Waals surface area contributed by atoms with Crippen LogP contribution in [0.4, 0.5) is 0 Å². The van der Waals surface area contributed by atoms with Crippen LogP contribution in [0.25, 0.3) is 11.4 Å². The lowest BCUT2D eigenvalue weighted by Gasteiger charge is -2.07. The third-order valence-electron chi connectivity index (χ3n) is 6.15. The van der Waals surface area contributed by atoms with Crippen LogP contribution < -0.4 is 11.5 Å². The second-order valence-electron chi connectivity index (χ2n) is 9.22. The van der Waals surface area contributed by atoms with Crippen LogP contribution >= 0.6 is 11.6 Å². The lowest BCUT2D eigenvalue weighted by molar-refractivity contribution is 0.0980. The van der Waals surface area contributed by atoms with Gasteiger partial charge in [0, 0.05) is 23.1 Å². The number of nitrogens with zero attached hydrogens (tertiary/aromatic N) is 7. The van der Waals surface area contributed by atoms with E-state index in [0.29, 0.717) is 44.9 Å². The van der Waals surface area contributed by atoms with Crippen LogP contribution in [-0.2, 0) is 0 Å². The molecule has 214 valence electrons. The molecule has 0 aromatic carbocycles. The van der Waals surface area contributed by atoms with Crippen molar-refractivity contribution in [2.75, 3.05) is 0 Å². The molecule has 11 nitrogen and oxygen atoms in total. The van der Waals surface area contributed by atoms with Crippen molar-refractivity contribution in [3.63, 3.8) is 0 Å². The van der Waals surface area contributed by atoms with Crippen molar-refractivity contribution in [1.29, 1.82) is 0 Å². The zero-order valence-corrected chi connectivity index (χ0v) is 24.5. The number of primary amides is 2. The standard InChI is InChI=1S/C18H14ClN5O.C13H12N4O/c1-11-3-5-14(10-22-11)24-12(2)15(23-18(24)17(20)25)6-4-13-7-8-21-16(19)9-13;1-4-11-9(3)17(13(16-11)12(14)18)10-6-5-8(2)15-7-10/h3,5,7-10H,1-2H3,(H2,20,25);1,5-7H,2-3H3,(H2,14,18). The molecule has 0 radical (unpaired) electrons. The van der Waals surface area contributed by atoms with Crippen LogP contribution in [0.3, 0.4) is 0 Å². The number of imidazole rings is 2. The average molecular weight is 592 g/mol. The number of amides is 2. The van der Waals surface area contributed by atoms with Crippen LogP contribution in [0.1, 0.15) is 61.0 Å². The highest BCUT2D eigenvalue weighted by molar-refractivity contribution is 6.29. The number of aryl methyl sites for hydroxylation is 2. The first-order valence-electron chi connectivity index (χ1n) is 12.7. The zero-order valence-electron chi connectivity index (χ0n) is 23.8. The summed E-state index contributed by atoms with van der Waals surface area (Å²) in [4.78, 5) is 43.9. The van der Waals surface area contributed by atoms with Crippen molar-refractivity contribution >= 4 is 23.4 Å². The summed E-state index contributed by atoms with van der Waals surface area (Å²) < 4.78 is 3.27. The number of pyridine rings is 3. The first-order valence-corrected chi connectivity index (χ1v) is 13.1. The Morgan fingerprint density at radius 3 is 1.72 bits per heavy atom. The minimum absolute atomic E-state index is 0.111. The highest BCUT2D eigenvalue weighted by atomic mass is 35.5. The van der Waals surface area contributed by atoms with E-state index in [9.17, 15) is 9.59 Å². The number of rotatable bonds is 4. The maximum atomic E-state index is 11.8. The van der Waals surface area contributed by atoms with E-state index < -0.39 is 11.8 Å². The first kappa shape index (κ1) is 30.2. The molecule has 12 heteroatoms. The number of hydrogen-bond donors (Lipinski definition) is 2. The molecule has 0 aliphatic rings. The summed E-state index contributed by atoms with van der Waals surface area (Å²) in [6, 6.07) is 10.8. The van der Waals surface area contributed by atoms with Crippen molar-refractivity contribution < 1.29 is 9.59 Å². The van der Waals surface area contributed by atoms with E-state index in [4.69, 9.17) is 29.5 Å². The number of hydrogen-bond acceptors (Lipinski definition) is 7. The fourth-order valence-electron chi connectivity index (χ4n) is 4.02. The number of terminal acetylenes is 1. The molecule has 5 aromatic heterocycles. The molecule has 0 aliphatic carbocycles. The number of halogens is 1. The summed E-state index contributed by atoms with van der Waals surface area (Å²) in [6.07, 6.45) is 10.2. The summed E-state index contributed by atoms with van der Waals surface area (Å²) in [7, 11) is 0. The smallest absolute Gasteiger partial charge is 0.285 e. The molecule has 0 saturated heterocycles. The van der Waals surface area contributed by atoms with Gasteiger partial charge in [0.05, 0.1) is 35.2 Å². The molecule has 0 spiro atoms. The second kappa shape index (κ2) is 12.8. The number of nitrogens with two attached hydrogens (primary N) is 2. The fraction of sp³-hybridized carbons (Fsp3) is 0.129. The SMILES string of the molecule is C#Cc1nc(C(N)=O)n(-c2ccc(C)nc2)c1C.Cc1ccc(-n2c(C(N)=O)nc(C#Cc3ccnc(Cl)c3)c2C)cn1. The van der Waals surface area contributed by atoms with E-state index in [1.807, 2.05) is 45.0 Å². The topological polar surface area (TPSA) is 160 Å². The van der Waals surface area contributed by atoms with Gasteiger partial charge in [-0.25, -0.2) is 15.0 Å². The summed E-state index contributed by atoms with van der Waals surface area (Å²) in [5, 5.41) is 0.359. The molecule has 0 bridgehead atoms. The molecular formula is C31H26ClN9O2. The van der Waals surface area contributed by atoms with Crippen molar-refractivity contribution in [2.24, 2.45) is 11.5 Å².